The van der Waals surface area contributed by atoms with Crippen molar-refractivity contribution in [1.82, 2.24) is 15.0 Å². The topological polar surface area (TPSA) is 65.6 Å². The van der Waals surface area contributed by atoms with Gasteiger partial charge in [0.25, 0.3) is 0 Å². The smallest absolute Gasteiger partial charge is 0.229 e. The van der Waals surface area contributed by atoms with Gasteiger partial charge in [-0.3, -0.25) is 0 Å². The van der Waals surface area contributed by atoms with Gasteiger partial charge in [0.1, 0.15) is 5.82 Å². The number of rotatable bonds is 6. The zero-order valence-electron chi connectivity index (χ0n) is 15.6. The van der Waals surface area contributed by atoms with Gasteiger partial charge in [0.2, 0.25) is 5.95 Å². The lowest BCUT2D eigenvalue weighted by Crippen LogP contribution is -2.08. The predicted octanol–water partition coefficient (Wildman–Crippen LogP) is 4.97. The van der Waals surface area contributed by atoms with Crippen molar-refractivity contribution in [3.05, 3.63) is 77.6 Å². The summed E-state index contributed by atoms with van der Waals surface area (Å²) in [6, 6.07) is 18.5. The largest absolute Gasteiger partial charge is 0.370 e. The third-order valence-electron chi connectivity index (χ3n) is 4.50. The van der Waals surface area contributed by atoms with E-state index in [0.717, 1.165) is 30.2 Å². The summed E-state index contributed by atoms with van der Waals surface area (Å²) in [6.45, 7) is 4.86. The van der Waals surface area contributed by atoms with Crippen LogP contribution < -0.4 is 10.6 Å². The predicted molar refractivity (Wildman–Crippen MR) is 112 cm³/mol. The quantitative estimate of drug-likeness (QED) is 0.456. The number of para-hydroxylation sites is 1. The SMILES string of the molecule is Cc1cccc(Nc2nc(C)cc(NCCc3c[nH]c4ccccc34)n2)c1. The maximum atomic E-state index is 4.60. The minimum absolute atomic E-state index is 0.607. The number of benzene rings is 2. The molecule has 3 N–H and O–H groups in total. The summed E-state index contributed by atoms with van der Waals surface area (Å²) in [6.07, 6.45) is 3.01. The van der Waals surface area contributed by atoms with Gasteiger partial charge in [-0.25, -0.2) is 4.98 Å². The molecular weight excluding hydrogens is 334 g/mol. The average molecular weight is 357 g/mol. The van der Waals surface area contributed by atoms with E-state index in [0.29, 0.717) is 5.95 Å². The fraction of sp³-hybridized carbons (Fsp3) is 0.182. The summed E-state index contributed by atoms with van der Waals surface area (Å²) in [5.41, 5.74) is 5.60. The lowest BCUT2D eigenvalue weighted by atomic mass is 10.1. The van der Waals surface area contributed by atoms with Crippen molar-refractivity contribution in [1.29, 1.82) is 0 Å². The number of hydrogen-bond acceptors (Lipinski definition) is 4. The Morgan fingerprint density at radius 3 is 2.74 bits per heavy atom. The van der Waals surface area contributed by atoms with Crippen LogP contribution in [0, 0.1) is 13.8 Å². The molecule has 0 aliphatic carbocycles. The zero-order valence-corrected chi connectivity index (χ0v) is 15.6. The maximum absolute atomic E-state index is 4.60. The lowest BCUT2D eigenvalue weighted by molar-refractivity contribution is 1.00. The van der Waals surface area contributed by atoms with Gasteiger partial charge in [0.05, 0.1) is 0 Å². The number of H-pyrrole nitrogens is 1. The molecule has 4 rings (SSSR count). The van der Waals surface area contributed by atoms with E-state index in [9.17, 15) is 0 Å². The molecule has 0 unspecified atom stereocenters. The fourth-order valence-electron chi connectivity index (χ4n) is 3.23. The Kier molecular flexibility index (Phi) is 4.75. The molecule has 2 aromatic carbocycles. The van der Waals surface area contributed by atoms with Crippen LogP contribution in [0.4, 0.5) is 17.5 Å². The van der Waals surface area contributed by atoms with Crippen LogP contribution in [-0.4, -0.2) is 21.5 Å². The first-order valence-electron chi connectivity index (χ1n) is 9.15. The summed E-state index contributed by atoms with van der Waals surface area (Å²) < 4.78 is 0. The van der Waals surface area contributed by atoms with E-state index in [2.05, 4.69) is 69.0 Å². The summed E-state index contributed by atoms with van der Waals surface area (Å²) in [7, 11) is 0. The molecular formula is C22H23N5. The molecule has 0 fully saturated rings. The van der Waals surface area contributed by atoms with Crippen molar-refractivity contribution in [2.75, 3.05) is 17.2 Å². The average Bonchev–Trinajstić information content (AvgIpc) is 3.05. The highest BCUT2D eigenvalue weighted by atomic mass is 15.1. The van der Waals surface area contributed by atoms with Crippen LogP contribution in [0.15, 0.2) is 60.8 Å². The molecule has 2 heterocycles. The van der Waals surface area contributed by atoms with E-state index in [1.165, 1.54) is 22.0 Å². The number of nitrogens with one attached hydrogen (secondary N) is 3. The van der Waals surface area contributed by atoms with Crippen molar-refractivity contribution in [2.24, 2.45) is 0 Å². The van der Waals surface area contributed by atoms with E-state index in [1.54, 1.807) is 0 Å². The van der Waals surface area contributed by atoms with Crippen LogP contribution in [0.1, 0.15) is 16.8 Å². The van der Waals surface area contributed by atoms with Crippen LogP contribution in [0.25, 0.3) is 10.9 Å². The van der Waals surface area contributed by atoms with E-state index in [4.69, 9.17) is 0 Å². The van der Waals surface area contributed by atoms with Crippen LogP contribution >= 0.6 is 0 Å². The van der Waals surface area contributed by atoms with Crippen molar-refractivity contribution in [2.45, 2.75) is 20.3 Å². The fourth-order valence-corrected chi connectivity index (χ4v) is 3.23. The minimum atomic E-state index is 0.607. The summed E-state index contributed by atoms with van der Waals surface area (Å²) in [5, 5.41) is 7.99. The molecule has 0 spiro atoms. The van der Waals surface area contributed by atoms with Gasteiger partial charge in [-0.15, -0.1) is 0 Å². The third-order valence-corrected chi connectivity index (χ3v) is 4.50. The van der Waals surface area contributed by atoms with Crippen LogP contribution in [0.3, 0.4) is 0 Å². The Hall–Kier alpha value is -3.34. The summed E-state index contributed by atoms with van der Waals surface area (Å²) in [4.78, 5) is 12.4. The maximum Gasteiger partial charge on any atom is 0.229 e. The number of fused-ring (bicyclic) bond motifs is 1. The lowest BCUT2D eigenvalue weighted by Gasteiger charge is -2.10. The standard InChI is InChI=1S/C22H23N5/c1-15-6-5-7-18(12-15)26-22-25-16(2)13-21(27-22)23-11-10-17-14-24-20-9-4-3-8-19(17)20/h3-9,12-14,24H,10-11H2,1-2H3,(H2,23,25,26,27). The second-order valence-corrected chi connectivity index (χ2v) is 6.75. The highest BCUT2D eigenvalue weighted by Crippen LogP contribution is 2.19. The van der Waals surface area contributed by atoms with E-state index < -0.39 is 0 Å². The number of aromatic nitrogens is 3. The Balaban J connectivity index is 1.43. The van der Waals surface area contributed by atoms with Crippen molar-refractivity contribution >= 4 is 28.4 Å². The molecule has 0 bridgehead atoms. The number of nitrogens with zero attached hydrogens (tertiary/aromatic N) is 2. The summed E-state index contributed by atoms with van der Waals surface area (Å²) >= 11 is 0. The molecule has 4 aromatic rings. The van der Waals surface area contributed by atoms with Gasteiger partial charge >= 0.3 is 0 Å². The Bertz CT molecular complexity index is 1070. The molecule has 0 saturated heterocycles. The second kappa shape index (κ2) is 7.50. The van der Waals surface area contributed by atoms with Gasteiger partial charge < -0.3 is 15.6 Å². The molecule has 5 nitrogen and oxygen atoms in total. The van der Waals surface area contributed by atoms with Crippen LogP contribution in [0.5, 0.6) is 0 Å². The number of anilines is 3. The third kappa shape index (κ3) is 4.08. The van der Waals surface area contributed by atoms with Gasteiger partial charge in [-0.1, -0.05) is 30.3 Å². The van der Waals surface area contributed by atoms with Crippen LogP contribution in [-0.2, 0) is 6.42 Å². The molecule has 5 heteroatoms. The highest BCUT2D eigenvalue weighted by molar-refractivity contribution is 5.83. The Labute approximate surface area is 158 Å². The molecule has 136 valence electrons. The first kappa shape index (κ1) is 17.1. The Morgan fingerprint density at radius 1 is 0.963 bits per heavy atom. The zero-order chi connectivity index (χ0) is 18.6. The van der Waals surface area contributed by atoms with Crippen molar-refractivity contribution in [3.63, 3.8) is 0 Å². The number of hydrogen-bond donors (Lipinski definition) is 3. The minimum Gasteiger partial charge on any atom is -0.370 e. The normalized spacial score (nSPS) is 10.9. The first-order valence-corrected chi connectivity index (χ1v) is 9.15. The molecule has 0 aliphatic rings. The van der Waals surface area contributed by atoms with E-state index >= 15 is 0 Å². The second-order valence-electron chi connectivity index (χ2n) is 6.75. The van der Waals surface area contributed by atoms with Crippen LogP contribution in [0.2, 0.25) is 0 Å². The first-order chi connectivity index (χ1) is 13.2. The van der Waals surface area contributed by atoms with Gasteiger partial charge in [-0.2, -0.15) is 4.98 Å². The molecule has 0 radical (unpaired) electrons. The Morgan fingerprint density at radius 2 is 1.85 bits per heavy atom. The molecule has 2 aromatic heterocycles. The molecule has 0 saturated carbocycles. The van der Waals surface area contributed by atoms with E-state index in [1.807, 2.05) is 31.2 Å². The number of aryl methyl sites for hydroxylation is 2. The molecule has 0 aliphatic heterocycles. The molecule has 0 amide bonds. The van der Waals surface area contributed by atoms with E-state index in [-0.39, 0.29) is 0 Å². The molecule has 27 heavy (non-hydrogen) atoms. The summed E-state index contributed by atoms with van der Waals surface area (Å²) in [5.74, 6) is 1.44. The molecule has 0 atom stereocenters. The van der Waals surface area contributed by atoms with Crippen molar-refractivity contribution in [3.8, 4) is 0 Å². The highest BCUT2D eigenvalue weighted by Gasteiger charge is 2.05. The van der Waals surface area contributed by atoms with Crippen molar-refractivity contribution < 1.29 is 0 Å². The monoisotopic (exact) mass is 357 g/mol. The van der Waals surface area contributed by atoms with Gasteiger partial charge in [-0.05, 0) is 49.6 Å². The van der Waals surface area contributed by atoms with Gasteiger partial charge in [0.15, 0.2) is 0 Å². The van der Waals surface area contributed by atoms with Gasteiger partial charge in [0, 0.05) is 41.1 Å². The number of aromatic amines is 1.